The molecular weight excluding hydrogens is 372 g/mol. The number of methoxy groups -OCH3 is 2. The van der Waals surface area contributed by atoms with Gasteiger partial charge in [-0.1, -0.05) is 24.3 Å². The Kier molecular flexibility index (Phi) is 5.30. The van der Waals surface area contributed by atoms with Crippen molar-refractivity contribution in [1.82, 2.24) is 10.3 Å². The van der Waals surface area contributed by atoms with Crippen LogP contribution in [0.4, 0.5) is 0 Å². The Bertz CT molecular complexity index is 999. The summed E-state index contributed by atoms with van der Waals surface area (Å²) in [6, 6.07) is 14.1. The van der Waals surface area contributed by atoms with E-state index in [9.17, 15) is 4.79 Å². The predicted octanol–water partition coefficient (Wildman–Crippen LogP) is 4.17. The molecule has 4 rings (SSSR count). The Morgan fingerprint density at radius 2 is 2.00 bits per heavy atom. The molecule has 5 nitrogen and oxygen atoms in total. The lowest BCUT2D eigenvalue weighted by Crippen LogP contribution is -2.28. The molecule has 144 valence electrons. The molecule has 28 heavy (non-hydrogen) atoms. The summed E-state index contributed by atoms with van der Waals surface area (Å²) in [7, 11) is 3.22. The summed E-state index contributed by atoms with van der Waals surface area (Å²) in [5.74, 6) is 1.35. The third-order valence-corrected chi connectivity index (χ3v) is 5.93. The lowest BCUT2D eigenvalue weighted by molar-refractivity contribution is -0.121. The Morgan fingerprint density at radius 1 is 1.18 bits per heavy atom. The summed E-state index contributed by atoms with van der Waals surface area (Å²) in [4.78, 5) is 17.2. The van der Waals surface area contributed by atoms with E-state index in [0.29, 0.717) is 11.5 Å². The van der Waals surface area contributed by atoms with Crippen LogP contribution in [0, 0.1) is 0 Å². The van der Waals surface area contributed by atoms with Crippen LogP contribution in [0.2, 0.25) is 0 Å². The molecule has 0 spiro atoms. The van der Waals surface area contributed by atoms with Crippen molar-refractivity contribution in [1.29, 1.82) is 0 Å². The number of aryl methyl sites for hydroxylation is 1. The van der Waals surface area contributed by atoms with Crippen LogP contribution in [0.25, 0.3) is 10.6 Å². The van der Waals surface area contributed by atoms with E-state index < -0.39 is 0 Å². The number of ether oxygens (including phenoxy) is 2. The van der Waals surface area contributed by atoms with Crippen LogP contribution in [0.15, 0.2) is 47.8 Å². The minimum absolute atomic E-state index is 0.00543. The summed E-state index contributed by atoms with van der Waals surface area (Å²) in [5.41, 5.74) is 4.29. The third-order valence-electron chi connectivity index (χ3n) is 4.99. The van der Waals surface area contributed by atoms with Crippen LogP contribution in [-0.2, 0) is 17.6 Å². The number of fused-ring (bicyclic) bond motifs is 1. The fourth-order valence-electron chi connectivity index (χ4n) is 3.61. The van der Waals surface area contributed by atoms with E-state index in [1.54, 1.807) is 14.2 Å². The summed E-state index contributed by atoms with van der Waals surface area (Å²) in [6.07, 6.45) is 2.25. The smallest absolute Gasteiger partial charge is 0.226 e. The summed E-state index contributed by atoms with van der Waals surface area (Å²) in [5, 5.41) is 5.95. The zero-order valence-electron chi connectivity index (χ0n) is 15.9. The van der Waals surface area contributed by atoms with Gasteiger partial charge in [-0.3, -0.25) is 4.79 Å². The molecule has 1 heterocycles. The van der Waals surface area contributed by atoms with Gasteiger partial charge in [-0.15, -0.1) is 11.3 Å². The van der Waals surface area contributed by atoms with Gasteiger partial charge in [0, 0.05) is 10.9 Å². The molecule has 1 atom stereocenters. The van der Waals surface area contributed by atoms with Crippen molar-refractivity contribution >= 4 is 17.2 Å². The topological polar surface area (TPSA) is 60.5 Å². The van der Waals surface area contributed by atoms with Gasteiger partial charge in [-0.25, -0.2) is 4.98 Å². The maximum absolute atomic E-state index is 12.5. The summed E-state index contributed by atoms with van der Waals surface area (Å²) < 4.78 is 10.6. The molecular formula is C22H22N2O3S. The highest BCUT2D eigenvalue weighted by Gasteiger charge is 2.23. The monoisotopic (exact) mass is 394 g/mol. The zero-order valence-corrected chi connectivity index (χ0v) is 16.7. The second kappa shape index (κ2) is 8.02. The Hall–Kier alpha value is -2.86. The van der Waals surface area contributed by atoms with E-state index in [4.69, 9.17) is 9.47 Å². The number of nitrogens with one attached hydrogen (secondary N) is 1. The second-order valence-corrected chi connectivity index (χ2v) is 7.61. The molecule has 0 saturated heterocycles. The first-order valence-corrected chi connectivity index (χ1v) is 10.1. The molecule has 6 heteroatoms. The van der Waals surface area contributed by atoms with Crippen LogP contribution in [0.1, 0.15) is 29.3 Å². The Morgan fingerprint density at radius 3 is 2.82 bits per heavy atom. The molecule has 1 aliphatic carbocycles. The van der Waals surface area contributed by atoms with E-state index in [1.165, 1.54) is 22.5 Å². The van der Waals surface area contributed by atoms with Crippen molar-refractivity contribution in [3.63, 3.8) is 0 Å². The Balaban J connectivity index is 1.43. The number of nitrogens with zero attached hydrogens (tertiary/aromatic N) is 1. The summed E-state index contributed by atoms with van der Waals surface area (Å²) >= 11 is 1.52. The van der Waals surface area contributed by atoms with Gasteiger partial charge in [0.2, 0.25) is 5.91 Å². The van der Waals surface area contributed by atoms with Crippen molar-refractivity contribution in [3.8, 4) is 22.1 Å². The molecule has 0 fully saturated rings. The first kappa shape index (κ1) is 18.5. The van der Waals surface area contributed by atoms with Gasteiger partial charge in [0.15, 0.2) is 11.5 Å². The highest BCUT2D eigenvalue weighted by molar-refractivity contribution is 7.13. The van der Waals surface area contributed by atoms with Crippen molar-refractivity contribution < 1.29 is 14.3 Å². The van der Waals surface area contributed by atoms with Crippen LogP contribution in [0.3, 0.4) is 0 Å². The maximum Gasteiger partial charge on any atom is 0.226 e. The quantitative estimate of drug-likeness (QED) is 0.682. The highest BCUT2D eigenvalue weighted by atomic mass is 32.1. The lowest BCUT2D eigenvalue weighted by Gasteiger charge is -2.13. The predicted molar refractivity (Wildman–Crippen MR) is 110 cm³/mol. The minimum atomic E-state index is 0.00543. The fourth-order valence-corrected chi connectivity index (χ4v) is 4.42. The first-order valence-electron chi connectivity index (χ1n) is 9.22. The Labute approximate surface area is 168 Å². The van der Waals surface area contributed by atoms with Gasteiger partial charge in [-0.05, 0) is 42.2 Å². The van der Waals surface area contributed by atoms with Crippen molar-refractivity contribution in [2.75, 3.05) is 14.2 Å². The molecule has 3 aromatic rings. The maximum atomic E-state index is 12.5. The van der Waals surface area contributed by atoms with Crippen LogP contribution < -0.4 is 14.8 Å². The van der Waals surface area contributed by atoms with Crippen LogP contribution in [-0.4, -0.2) is 25.1 Å². The van der Waals surface area contributed by atoms with Crippen LogP contribution >= 0.6 is 11.3 Å². The van der Waals surface area contributed by atoms with E-state index in [-0.39, 0.29) is 18.4 Å². The molecule has 1 aromatic heterocycles. The number of thiazole rings is 1. The number of carbonyl (C=O) groups excluding carboxylic acids is 1. The molecule has 1 aliphatic rings. The number of hydrogen-bond donors (Lipinski definition) is 1. The summed E-state index contributed by atoms with van der Waals surface area (Å²) in [6.45, 7) is 0. The molecule has 2 aromatic carbocycles. The van der Waals surface area contributed by atoms with Crippen molar-refractivity contribution in [3.05, 3.63) is 64.7 Å². The number of rotatable bonds is 6. The molecule has 1 amide bonds. The third kappa shape index (κ3) is 3.73. The normalized spacial score (nSPS) is 15.1. The largest absolute Gasteiger partial charge is 0.493 e. The molecule has 0 aliphatic heterocycles. The number of carbonyl (C=O) groups is 1. The van der Waals surface area contributed by atoms with Gasteiger partial charge in [0.1, 0.15) is 5.01 Å². The lowest BCUT2D eigenvalue weighted by atomic mass is 10.1. The zero-order chi connectivity index (χ0) is 19.5. The van der Waals surface area contributed by atoms with Gasteiger partial charge in [-0.2, -0.15) is 0 Å². The van der Waals surface area contributed by atoms with Crippen LogP contribution in [0.5, 0.6) is 11.5 Å². The van der Waals surface area contributed by atoms with Gasteiger partial charge < -0.3 is 14.8 Å². The second-order valence-electron chi connectivity index (χ2n) is 6.75. The average molecular weight is 394 g/mol. The average Bonchev–Trinajstić information content (AvgIpc) is 3.35. The van der Waals surface area contributed by atoms with E-state index in [0.717, 1.165) is 29.1 Å². The van der Waals surface area contributed by atoms with Gasteiger partial charge in [0.05, 0.1) is 32.4 Å². The first-order chi connectivity index (χ1) is 13.7. The van der Waals surface area contributed by atoms with E-state index in [2.05, 4.69) is 22.4 Å². The highest BCUT2D eigenvalue weighted by Crippen LogP contribution is 2.34. The van der Waals surface area contributed by atoms with E-state index in [1.807, 2.05) is 35.7 Å². The van der Waals surface area contributed by atoms with Crippen molar-refractivity contribution in [2.24, 2.45) is 0 Å². The standard InChI is InChI=1S/C22H22N2O3S/c1-26-19-10-8-15(11-20(19)27-2)22-23-16(13-28-22)12-21(25)24-18-9-7-14-5-3-4-6-17(14)18/h3-6,8,10-11,13,18H,7,9,12H2,1-2H3,(H,24,25). The fraction of sp³-hybridized carbons (Fsp3) is 0.273. The number of aromatic nitrogens is 1. The molecule has 1 N–H and O–H groups in total. The van der Waals surface area contributed by atoms with Gasteiger partial charge in [0.25, 0.3) is 0 Å². The number of amides is 1. The molecule has 0 bridgehead atoms. The van der Waals surface area contributed by atoms with E-state index >= 15 is 0 Å². The molecule has 0 radical (unpaired) electrons. The minimum Gasteiger partial charge on any atom is -0.493 e. The van der Waals surface area contributed by atoms with Gasteiger partial charge >= 0.3 is 0 Å². The molecule has 1 unspecified atom stereocenters. The number of benzene rings is 2. The number of hydrogen-bond acceptors (Lipinski definition) is 5. The van der Waals surface area contributed by atoms with Crippen molar-refractivity contribution in [2.45, 2.75) is 25.3 Å². The molecule has 0 saturated carbocycles. The SMILES string of the molecule is COc1ccc(-c2nc(CC(=O)NC3CCc4ccccc43)cs2)cc1OC.